The molecule has 0 radical (unpaired) electrons. The van der Waals surface area contributed by atoms with Crippen LogP contribution in [-0.2, 0) is 9.53 Å². The molecule has 6 nitrogen and oxygen atoms in total. The van der Waals surface area contributed by atoms with E-state index < -0.39 is 12.0 Å². The van der Waals surface area contributed by atoms with Crippen LogP contribution >= 0.6 is 23.8 Å². The first-order valence-corrected chi connectivity index (χ1v) is 9.74. The second kappa shape index (κ2) is 9.15. The Kier molecular flexibility index (Phi) is 6.61. The van der Waals surface area contributed by atoms with Crippen molar-refractivity contribution in [2.75, 3.05) is 20.8 Å². The number of methoxy groups -OCH3 is 2. The Morgan fingerprint density at radius 2 is 1.90 bits per heavy atom. The van der Waals surface area contributed by atoms with Gasteiger partial charge in [-0.15, -0.1) is 0 Å². The number of ether oxygens (including phenoxy) is 3. The van der Waals surface area contributed by atoms with Crippen LogP contribution in [0.1, 0.15) is 24.1 Å². The zero-order valence-electron chi connectivity index (χ0n) is 16.2. The predicted octanol–water partition coefficient (Wildman–Crippen LogP) is 3.85. The van der Waals surface area contributed by atoms with E-state index in [4.69, 9.17) is 38.0 Å². The van der Waals surface area contributed by atoms with Gasteiger partial charge in [-0.2, -0.15) is 0 Å². The highest BCUT2D eigenvalue weighted by molar-refractivity contribution is 7.80. The maximum Gasteiger partial charge on any atom is 0.338 e. The SMILES string of the molecule is CCOC(=O)C1=C(c2ccccc2)NC(=S)N[C@@H]1c1cc(Cl)cc(OC)c1OC. The molecule has 1 aliphatic heterocycles. The molecular formula is C21H21ClN2O4S. The van der Waals surface area contributed by atoms with Crippen molar-refractivity contribution in [3.63, 3.8) is 0 Å². The summed E-state index contributed by atoms with van der Waals surface area (Å²) >= 11 is 11.7. The predicted molar refractivity (Wildman–Crippen MR) is 116 cm³/mol. The normalized spacial score (nSPS) is 16.0. The highest BCUT2D eigenvalue weighted by Crippen LogP contribution is 2.42. The summed E-state index contributed by atoms with van der Waals surface area (Å²) in [4.78, 5) is 13.0. The molecule has 29 heavy (non-hydrogen) atoms. The van der Waals surface area contributed by atoms with E-state index in [-0.39, 0.29) is 6.61 Å². The lowest BCUT2D eigenvalue weighted by Gasteiger charge is -2.32. The van der Waals surface area contributed by atoms with Crippen molar-refractivity contribution in [3.05, 3.63) is 64.2 Å². The molecule has 0 fully saturated rings. The van der Waals surface area contributed by atoms with Gasteiger partial charge in [-0.25, -0.2) is 4.79 Å². The van der Waals surface area contributed by atoms with Crippen LogP contribution in [0, 0.1) is 0 Å². The maximum atomic E-state index is 13.0. The van der Waals surface area contributed by atoms with Crippen LogP contribution in [0.15, 0.2) is 48.0 Å². The average molecular weight is 433 g/mol. The van der Waals surface area contributed by atoms with Gasteiger partial charge in [-0.1, -0.05) is 41.9 Å². The molecule has 2 aromatic rings. The highest BCUT2D eigenvalue weighted by atomic mass is 35.5. The Morgan fingerprint density at radius 3 is 2.52 bits per heavy atom. The molecule has 0 saturated carbocycles. The fraction of sp³-hybridized carbons (Fsp3) is 0.238. The smallest absolute Gasteiger partial charge is 0.338 e. The molecule has 8 heteroatoms. The van der Waals surface area contributed by atoms with Crippen LogP contribution in [-0.4, -0.2) is 31.9 Å². The Morgan fingerprint density at radius 1 is 1.17 bits per heavy atom. The van der Waals surface area contributed by atoms with Crippen molar-refractivity contribution in [2.24, 2.45) is 0 Å². The molecule has 0 aliphatic carbocycles. The first-order chi connectivity index (χ1) is 14.0. The van der Waals surface area contributed by atoms with Gasteiger partial charge >= 0.3 is 5.97 Å². The summed E-state index contributed by atoms with van der Waals surface area (Å²) in [6.07, 6.45) is 0. The van der Waals surface area contributed by atoms with Crippen molar-refractivity contribution < 1.29 is 19.0 Å². The van der Waals surface area contributed by atoms with E-state index in [1.54, 1.807) is 19.1 Å². The molecular weight excluding hydrogens is 412 g/mol. The topological polar surface area (TPSA) is 68.8 Å². The third kappa shape index (κ3) is 4.31. The van der Waals surface area contributed by atoms with Crippen molar-refractivity contribution >= 4 is 40.6 Å². The molecule has 2 aromatic carbocycles. The maximum absolute atomic E-state index is 13.0. The number of rotatable bonds is 6. The number of carbonyl (C=O) groups is 1. The minimum absolute atomic E-state index is 0.234. The van der Waals surface area contributed by atoms with E-state index in [0.717, 1.165) is 5.56 Å². The molecule has 1 aliphatic rings. The minimum atomic E-state index is -0.652. The molecule has 152 valence electrons. The molecule has 3 rings (SSSR count). The van der Waals surface area contributed by atoms with Crippen LogP contribution in [0.3, 0.4) is 0 Å². The van der Waals surface area contributed by atoms with Gasteiger partial charge in [0.05, 0.1) is 38.1 Å². The number of carbonyl (C=O) groups excluding carboxylic acids is 1. The van der Waals surface area contributed by atoms with E-state index in [0.29, 0.717) is 38.5 Å². The number of nitrogens with one attached hydrogen (secondary N) is 2. The molecule has 0 unspecified atom stereocenters. The summed E-state index contributed by atoms with van der Waals surface area (Å²) in [5.41, 5.74) is 2.35. The van der Waals surface area contributed by atoms with Gasteiger partial charge in [-0.3, -0.25) is 0 Å². The van der Waals surface area contributed by atoms with Crippen molar-refractivity contribution in [1.82, 2.24) is 10.6 Å². The number of benzene rings is 2. The van der Waals surface area contributed by atoms with Gasteiger partial charge in [0.25, 0.3) is 0 Å². The Balaban J connectivity index is 2.28. The lowest BCUT2D eigenvalue weighted by Crippen LogP contribution is -2.45. The van der Waals surface area contributed by atoms with Crippen LogP contribution in [0.4, 0.5) is 0 Å². The van der Waals surface area contributed by atoms with Crippen LogP contribution < -0.4 is 20.1 Å². The quantitative estimate of drug-likeness (QED) is 0.530. The van der Waals surface area contributed by atoms with Gasteiger partial charge in [0.2, 0.25) is 0 Å². The monoisotopic (exact) mass is 432 g/mol. The van der Waals surface area contributed by atoms with Crippen molar-refractivity contribution in [1.29, 1.82) is 0 Å². The summed E-state index contributed by atoms with van der Waals surface area (Å²) in [6, 6.07) is 12.2. The van der Waals surface area contributed by atoms with E-state index in [2.05, 4.69) is 10.6 Å². The number of hydrogen-bond donors (Lipinski definition) is 2. The number of thiocarbonyl (C=S) groups is 1. The van der Waals surface area contributed by atoms with Crippen LogP contribution in [0.2, 0.25) is 5.02 Å². The fourth-order valence-electron chi connectivity index (χ4n) is 3.23. The Bertz CT molecular complexity index is 963. The third-order valence-corrected chi connectivity index (χ3v) is 4.85. The first-order valence-electron chi connectivity index (χ1n) is 8.95. The second-order valence-electron chi connectivity index (χ2n) is 6.14. The van der Waals surface area contributed by atoms with Gasteiger partial charge in [0.1, 0.15) is 0 Å². The molecule has 0 spiro atoms. The standard InChI is InChI=1S/C21H21ClN2O4S/c1-4-28-20(25)16-17(12-8-6-5-7-9-12)23-21(29)24-18(16)14-10-13(22)11-15(26-2)19(14)27-3/h5-11,18H,4H2,1-3H3,(H2,23,24,29)/t18-/m1/s1. The Hall–Kier alpha value is -2.77. The number of esters is 1. The highest BCUT2D eigenvalue weighted by Gasteiger charge is 2.35. The molecule has 0 saturated heterocycles. The van der Waals surface area contributed by atoms with E-state index in [1.165, 1.54) is 14.2 Å². The number of halogens is 1. The molecule has 0 bridgehead atoms. The lowest BCUT2D eigenvalue weighted by atomic mass is 9.92. The third-order valence-electron chi connectivity index (χ3n) is 4.41. The zero-order chi connectivity index (χ0) is 21.0. The van der Waals surface area contributed by atoms with Gasteiger partial charge in [0.15, 0.2) is 16.6 Å². The minimum Gasteiger partial charge on any atom is -0.493 e. The molecule has 1 heterocycles. The lowest BCUT2D eigenvalue weighted by molar-refractivity contribution is -0.138. The van der Waals surface area contributed by atoms with E-state index in [1.807, 2.05) is 30.3 Å². The van der Waals surface area contributed by atoms with Crippen LogP contribution in [0.5, 0.6) is 11.5 Å². The molecule has 2 N–H and O–H groups in total. The first kappa shape index (κ1) is 21.0. The largest absolute Gasteiger partial charge is 0.493 e. The van der Waals surface area contributed by atoms with Crippen molar-refractivity contribution in [3.8, 4) is 11.5 Å². The van der Waals surface area contributed by atoms with Crippen molar-refractivity contribution in [2.45, 2.75) is 13.0 Å². The van der Waals surface area contributed by atoms with Gasteiger partial charge in [-0.05, 0) is 30.8 Å². The second-order valence-corrected chi connectivity index (χ2v) is 6.98. The fourth-order valence-corrected chi connectivity index (χ4v) is 3.67. The molecule has 0 aromatic heterocycles. The summed E-state index contributed by atoms with van der Waals surface area (Å²) in [5, 5.41) is 7.04. The summed E-state index contributed by atoms with van der Waals surface area (Å²) in [7, 11) is 3.05. The van der Waals surface area contributed by atoms with E-state index >= 15 is 0 Å². The number of hydrogen-bond acceptors (Lipinski definition) is 5. The summed E-state index contributed by atoms with van der Waals surface area (Å²) < 4.78 is 16.3. The average Bonchev–Trinajstić information content (AvgIpc) is 2.73. The summed E-state index contributed by atoms with van der Waals surface area (Å²) in [5.74, 6) is 0.430. The van der Waals surface area contributed by atoms with E-state index in [9.17, 15) is 4.79 Å². The van der Waals surface area contributed by atoms with Gasteiger partial charge in [0, 0.05) is 16.7 Å². The molecule has 0 amide bonds. The van der Waals surface area contributed by atoms with Gasteiger partial charge < -0.3 is 24.8 Å². The molecule has 1 atom stereocenters. The Labute approximate surface area is 179 Å². The van der Waals surface area contributed by atoms with Crippen LogP contribution in [0.25, 0.3) is 5.70 Å². The summed E-state index contributed by atoms with van der Waals surface area (Å²) in [6.45, 7) is 1.99. The zero-order valence-corrected chi connectivity index (χ0v) is 17.8.